The van der Waals surface area contributed by atoms with Crippen LogP contribution in [0, 0.1) is 6.92 Å². The molecule has 7 heteroatoms. The average molecular weight is 418 g/mol. The van der Waals surface area contributed by atoms with Crippen LogP contribution in [0.1, 0.15) is 25.0 Å². The molecule has 2 N–H and O–H groups in total. The van der Waals surface area contributed by atoms with Crippen molar-refractivity contribution in [3.63, 3.8) is 0 Å². The summed E-state index contributed by atoms with van der Waals surface area (Å²) in [5.41, 5.74) is 1.77. The minimum atomic E-state index is -1.00. The predicted octanol–water partition coefficient (Wildman–Crippen LogP) is 3.24. The van der Waals surface area contributed by atoms with Crippen molar-refractivity contribution >= 4 is 5.97 Å². The van der Waals surface area contributed by atoms with Crippen LogP contribution in [-0.4, -0.2) is 54.8 Å². The molecule has 0 amide bonds. The smallest absolute Gasteiger partial charge is 0.333 e. The second-order valence-corrected chi connectivity index (χ2v) is 7.32. The molecule has 0 bridgehead atoms. The number of benzene rings is 2. The molecule has 164 valence electrons. The number of hydrogen-bond donors (Lipinski definition) is 2. The Bertz CT molecular complexity index is 819. The van der Waals surface area contributed by atoms with Gasteiger partial charge < -0.3 is 29.2 Å². The highest BCUT2D eigenvalue weighted by Gasteiger charge is 2.20. The van der Waals surface area contributed by atoms with E-state index in [-0.39, 0.29) is 25.7 Å². The minimum absolute atomic E-state index is 0.0389. The molecule has 0 aliphatic carbocycles. The normalized spacial score (nSPS) is 13.0. The summed E-state index contributed by atoms with van der Waals surface area (Å²) in [6.07, 6.45) is -1.72. The molecule has 0 heterocycles. The number of carbonyl (C=O) groups is 1. The maximum absolute atomic E-state index is 11.4. The maximum Gasteiger partial charge on any atom is 0.333 e. The van der Waals surface area contributed by atoms with E-state index in [2.05, 4.69) is 0 Å². The zero-order valence-corrected chi connectivity index (χ0v) is 17.8. The summed E-state index contributed by atoms with van der Waals surface area (Å²) in [4.78, 5) is 11.4. The van der Waals surface area contributed by atoms with E-state index < -0.39 is 18.2 Å². The van der Waals surface area contributed by atoms with Gasteiger partial charge in [0.15, 0.2) is 6.10 Å². The standard InChI is InChI=1S/C23H30O7/c1-15(2)30-22(23(25)26)11-17-6-5-7-19(10-17)28-13-18(24)14-29-21-9-16(3)8-20(12-21)27-4/h5-10,12,15,18,22,24H,11,13-14H2,1-4H3,(H,25,26). The first kappa shape index (κ1) is 23.5. The average Bonchev–Trinajstić information content (AvgIpc) is 2.69. The van der Waals surface area contributed by atoms with Crippen molar-refractivity contribution in [3.8, 4) is 17.2 Å². The topological polar surface area (TPSA) is 94.5 Å². The van der Waals surface area contributed by atoms with Crippen molar-refractivity contribution in [1.29, 1.82) is 0 Å². The molecule has 0 fully saturated rings. The lowest BCUT2D eigenvalue weighted by molar-refractivity contribution is -0.153. The van der Waals surface area contributed by atoms with Crippen LogP contribution in [0.5, 0.6) is 17.2 Å². The molecule has 0 spiro atoms. The van der Waals surface area contributed by atoms with Crippen LogP contribution in [0.25, 0.3) is 0 Å². The van der Waals surface area contributed by atoms with E-state index in [1.807, 2.05) is 25.1 Å². The number of rotatable bonds is 12. The fourth-order valence-corrected chi connectivity index (χ4v) is 2.85. The van der Waals surface area contributed by atoms with Gasteiger partial charge in [-0.25, -0.2) is 4.79 Å². The van der Waals surface area contributed by atoms with Gasteiger partial charge in [0.2, 0.25) is 0 Å². The molecule has 0 radical (unpaired) electrons. The van der Waals surface area contributed by atoms with Gasteiger partial charge >= 0.3 is 5.97 Å². The van der Waals surface area contributed by atoms with Gasteiger partial charge in [0, 0.05) is 12.5 Å². The molecule has 2 atom stereocenters. The summed E-state index contributed by atoms with van der Waals surface area (Å²) in [6, 6.07) is 12.6. The van der Waals surface area contributed by atoms with Gasteiger partial charge in [0.25, 0.3) is 0 Å². The number of aryl methyl sites for hydroxylation is 1. The van der Waals surface area contributed by atoms with Crippen molar-refractivity contribution in [1.82, 2.24) is 0 Å². The molecule has 7 nitrogen and oxygen atoms in total. The monoisotopic (exact) mass is 418 g/mol. The Labute approximate surface area is 177 Å². The van der Waals surface area contributed by atoms with Gasteiger partial charge in [-0.05, 0) is 56.2 Å². The van der Waals surface area contributed by atoms with Crippen LogP contribution in [-0.2, 0) is 16.0 Å². The number of aliphatic hydroxyl groups is 1. The van der Waals surface area contributed by atoms with Crippen molar-refractivity contribution in [2.45, 2.75) is 45.5 Å². The molecule has 2 aromatic carbocycles. The Morgan fingerprint density at radius 1 is 1.00 bits per heavy atom. The summed E-state index contributed by atoms with van der Waals surface area (Å²) >= 11 is 0. The zero-order chi connectivity index (χ0) is 22.1. The van der Waals surface area contributed by atoms with Crippen LogP contribution in [0.2, 0.25) is 0 Å². The molecule has 2 rings (SSSR count). The molecular formula is C23H30O7. The highest BCUT2D eigenvalue weighted by atomic mass is 16.5. The number of aliphatic hydroxyl groups excluding tert-OH is 1. The summed E-state index contributed by atoms with van der Waals surface area (Å²) in [6.45, 7) is 5.63. The number of carboxylic acid groups (broad SMARTS) is 1. The lowest BCUT2D eigenvalue weighted by Gasteiger charge is -2.17. The van der Waals surface area contributed by atoms with Crippen LogP contribution >= 0.6 is 0 Å². The van der Waals surface area contributed by atoms with E-state index in [4.69, 9.17) is 18.9 Å². The molecule has 0 saturated carbocycles. The number of ether oxygens (including phenoxy) is 4. The van der Waals surface area contributed by atoms with Crippen molar-refractivity contribution in [3.05, 3.63) is 53.6 Å². The number of aliphatic carboxylic acids is 1. The van der Waals surface area contributed by atoms with Gasteiger partial charge in [-0.15, -0.1) is 0 Å². The van der Waals surface area contributed by atoms with Gasteiger partial charge in [-0.1, -0.05) is 12.1 Å². The summed E-state index contributed by atoms with van der Waals surface area (Å²) in [5.74, 6) is 0.833. The molecule has 0 aliphatic rings. The fraction of sp³-hybridized carbons (Fsp3) is 0.435. The Hall–Kier alpha value is -2.77. The second kappa shape index (κ2) is 11.4. The number of methoxy groups -OCH3 is 1. The lowest BCUT2D eigenvalue weighted by Crippen LogP contribution is -2.29. The van der Waals surface area contributed by atoms with Gasteiger partial charge in [0.1, 0.15) is 36.6 Å². The molecule has 0 aliphatic heterocycles. The van der Waals surface area contributed by atoms with Crippen LogP contribution in [0.15, 0.2) is 42.5 Å². The first-order valence-corrected chi connectivity index (χ1v) is 9.83. The maximum atomic E-state index is 11.4. The lowest BCUT2D eigenvalue weighted by atomic mass is 10.1. The highest BCUT2D eigenvalue weighted by Crippen LogP contribution is 2.22. The van der Waals surface area contributed by atoms with Crippen LogP contribution < -0.4 is 14.2 Å². The Balaban J connectivity index is 1.87. The van der Waals surface area contributed by atoms with E-state index in [0.29, 0.717) is 17.2 Å². The van der Waals surface area contributed by atoms with E-state index in [0.717, 1.165) is 11.1 Å². The largest absolute Gasteiger partial charge is 0.497 e. The van der Waals surface area contributed by atoms with Crippen molar-refractivity contribution in [2.24, 2.45) is 0 Å². The third kappa shape index (κ3) is 7.93. The quantitative estimate of drug-likeness (QED) is 0.546. The third-order valence-electron chi connectivity index (χ3n) is 4.18. The summed E-state index contributed by atoms with van der Waals surface area (Å²) in [7, 11) is 1.59. The molecule has 2 unspecified atom stereocenters. The first-order chi connectivity index (χ1) is 14.3. The number of hydrogen-bond acceptors (Lipinski definition) is 6. The van der Waals surface area contributed by atoms with Gasteiger partial charge in [-0.2, -0.15) is 0 Å². The molecule has 30 heavy (non-hydrogen) atoms. The molecule has 0 aromatic heterocycles. The van der Waals surface area contributed by atoms with E-state index in [1.54, 1.807) is 45.2 Å². The second-order valence-electron chi connectivity index (χ2n) is 7.32. The van der Waals surface area contributed by atoms with Gasteiger partial charge in [0.05, 0.1) is 13.2 Å². The fourth-order valence-electron chi connectivity index (χ4n) is 2.85. The van der Waals surface area contributed by atoms with Crippen LogP contribution in [0.3, 0.4) is 0 Å². The predicted molar refractivity (Wildman–Crippen MR) is 113 cm³/mol. The van der Waals surface area contributed by atoms with Crippen molar-refractivity contribution in [2.75, 3.05) is 20.3 Å². The number of carboxylic acids is 1. The van der Waals surface area contributed by atoms with Crippen molar-refractivity contribution < 1.29 is 34.0 Å². The Kier molecular flexibility index (Phi) is 8.95. The zero-order valence-electron chi connectivity index (χ0n) is 17.8. The summed E-state index contributed by atoms with van der Waals surface area (Å²) in [5, 5.41) is 19.5. The summed E-state index contributed by atoms with van der Waals surface area (Å²) < 4.78 is 21.9. The van der Waals surface area contributed by atoms with Gasteiger partial charge in [-0.3, -0.25) is 0 Å². The first-order valence-electron chi connectivity index (χ1n) is 9.83. The van der Waals surface area contributed by atoms with E-state index in [9.17, 15) is 15.0 Å². The Morgan fingerprint density at radius 2 is 1.67 bits per heavy atom. The minimum Gasteiger partial charge on any atom is -0.497 e. The third-order valence-corrected chi connectivity index (χ3v) is 4.18. The molecule has 2 aromatic rings. The van der Waals surface area contributed by atoms with E-state index in [1.165, 1.54) is 0 Å². The molecular weight excluding hydrogens is 388 g/mol. The van der Waals surface area contributed by atoms with E-state index >= 15 is 0 Å². The SMILES string of the molecule is COc1cc(C)cc(OCC(O)COc2cccc(CC(OC(C)C)C(=O)O)c2)c1. The van der Waals surface area contributed by atoms with Crippen LogP contribution in [0.4, 0.5) is 0 Å². The molecule has 0 saturated heterocycles. The highest BCUT2D eigenvalue weighted by molar-refractivity contribution is 5.72. The Morgan fingerprint density at radius 3 is 2.30 bits per heavy atom.